The number of carbonyl (C=O) groups is 2. The molecule has 0 rings (SSSR count). The van der Waals surface area contributed by atoms with Crippen LogP contribution < -0.4 is 0 Å². The third-order valence-corrected chi connectivity index (χ3v) is 3.67. The van der Waals surface area contributed by atoms with Gasteiger partial charge in [-0.3, -0.25) is 20.1 Å². The number of carbonyl (C=O) groups excluding carboxylic acids is 2. The number of hydrogen-bond acceptors (Lipinski definition) is 6. The van der Waals surface area contributed by atoms with Crippen LogP contribution in [0.4, 0.5) is 0 Å². The summed E-state index contributed by atoms with van der Waals surface area (Å²) in [5, 5.41) is 12.0. The maximum absolute atomic E-state index is 11.4. The molecule has 0 aromatic heterocycles. The molecule has 26 heavy (non-hydrogen) atoms. The summed E-state index contributed by atoms with van der Waals surface area (Å²) in [4.78, 5) is 22.8. The summed E-state index contributed by atoms with van der Waals surface area (Å²) in [6.07, 6.45) is 1.68. The van der Waals surface area contributed by atoms with Crippen LogP contribution in [0.3, 0.4) is 0 Å². The van der Waals surface area contributed by atoms with E-state index in [1.807, 2.05) is 83.1 Å². The lowest BCUT2D eigenvalue weighted by molar-refractivity contribution is -0.176. The van der Waals surface area contributed by atoms with E-state index in [0.717, 1.165) is 12.8 Å². The highest BCUT2D eigenvalue weighted by Gasteiger charge is 2.30. The van der Waals surface area contributed by atoms with E-state index in [1.165, 1.54) is 0 Å². The van der Waals surface area contributed by atoms with Crippen LogP contribution in [0.25, 0.3) is 0 Å². The van der Waals surface area contributed by atoms with E-state index < -0.39 is 10.8 Å². The topological polar surface area (TPSA) is 93.1 Å². The molecule has 0 radical (unpaired) electrons. The van der Waals surface area contributed by atoms with Crippen molar-refractivity contribution in [3.63, 3.8) is 0 Å². The maximum atomic E-state index is 11.4. The molecule has 0 atom stereocenters. The normalized spacial score (nSPS) is 12.1. The molecular weight excluding hydrogens is 336 g/mol. The Morgan fingerprint density at radius 1 is 0.615 bits per heavy atom. The summed E-state index contributed by atoms with van der Waals surface area (Å²) in [7, 11) is 0. The van der Waals surface area contributed by atoms with Crippen molar-refractivity contribution in [1.29, 1.82) is 0 Å². The third kappa shape index (κ3) is 15.1. The fourth-order valence-corrected chi connectivity index (χ4v) is 0.952. The third-order valence-electron chi connectivity index (χ3n) is 3.67. The molecule has 6 nitrogen and oxygen atoms in total. The van der Waals surface area contributed by atoms with Crippen molar-refractivity contribution >= 4 is 11.9 Å². The molecule has 0 amide bonds. The Balaban J connectivity index is -0.000000371. The van der Waals surface area contributed by atoms with Crippen LogP contribution in [0.5, 0.6) is 0 Å². The number of ether oxygens (including phenoxy) is 2. The van der Waals surface area contributed by atoms with Gasteiger partial charge in [-0.1, -0.05) is 13.8 Å². The molecule has 158 valence electrons. The molecule has 2 N–H and O–H groups in total. The van der Waals surface area contributed by atoms with Gasteiger partial charge in [0.2, 0.25) is 0 Å². The zero-order valence-corrected chi connectivity index (χ0v) is 18.9. The second-order valence-electron chi connectivity index (χ2n) is 9.51. The molecule has 6 heteroatoms. The quantitative estimate of drug-likeness (QED) is 0.379. The van der Waals surface area contributed by atoms with Crippen molar-refractivity contribution in [1.82, 2.24) is 0 Å². The lowest BCUT2D eigenvalue weighted by Gasteiger charge is -2.27. The van der Waals surface area contributed by atoms with Gasteiger partial charge in [-0.25, -0.2) is 0 Å². The second-order valence-corrected chi connectivity index (χ2v) is 9.51. The van der Waals surface area contributed by atoms with E-state index in [-0.39, 0.29) is 23.1 Å². The predicted molar refractivity (Wildman–Crippen MR) is 105 cm³/mol. The van der Waals surface area contributed by atoms with Crippen molar-refractivity contribution in [2.24, 2.45) is 10.8 Å². The van der Waals surface area contributed by atoms with Gasteiger partial charge in [-0.15, -0.1) is 0 Å². The first-order valence-corrected chi connectivity index (χ1v) is 9.05. The van der Waals surface area contributed by atoms with E-state index in [4.69, 9.17) is 20.0 Å². The molecule has 0 fully saturated rings. The summed E-state index contributed by atoms with van der Waals surface area (Å²) >= 11 is 0. The van der Waals surface area contributed by atoms with E-state index >= 15 is 0 Å². The number of esters is 2. The van der Waals surface area contributed by atoms with Crippen LogP contribution in [0.15, 0.2) is 0 Å². The Hall–Kier alpha value is -1.14. The molecule has 0 aliphatic rings. The largest absolute Gasteiger partial charge is 0.459 e. The van der Waals surface area contributed by atoms with Gasteiger partial charge in [0, 0.05) is 0 Å². The lowest BCUT2D eigenvalue weighted by atomic mass is 9.96. The van der Waals surface area contributed by atoms with Gasteiger partial charge in [0.25, 0.3) is 0 Å². The van der Waals surface area contributed by atoms with Crippen LogP contribution >= 0.6 is 0 Å². The van der Waals surface area contributed by atoms with Gasteiger partial charge < -0.3 is 9.47 Å². The molecule has 0 aromatic carbocycles. The first kappa shape index (κ1) is 29.6. The van der Waals surface area contributed by atoms with Crippen LogP contribution in [0.2, 0.25) is 0 Å². The molecule has 0 heterocycles. The predicted octanol–water partition coefficient (Wildman–Crippen LogP) is 5.55. The van der Waals surface area contributed by atoms with Crippen molar-refractivity contribution in [3.8, 4) is 0 Å². The molecule has 0 unspecified atom stereocenters. The summed E-state index contributed by atoms with van der Waals surface area (Å²) < 4.78 is 10.6. The molecule has 0 aliphatic carbocycles. The standard InChI is InChI=1S/2C10H20O2.H2O2/c2*1-7-10(5,6)12-8(11)9(2,3)4;1-2/h2*7H2,1-6H3;1-2H. The molecule has 0 saturated heterocycles. The highest BCUT2D eigenvalue weighted by atomic mass is 17.0. The SMILES string of the molecule is CCC(C)(C)OC(=O)C(C)(C)C.CCC(C)(C)OC(=O)C(C)(C)C.OO. The first-order chi connectivity index (χ1) is 11.4. The summed E-state index contributed by atoms with van der Waals surface area (Å²) in [5.74, 6) is -0.260. The highest BCUT2D eigenvalue weighted by Crippen LogP contribution is 2.23. The Bertz CT molecular complexity index is 371. The fraction of sp³-hybridized carbons (Fsp3) is 0.900. The zero-order chi connectivity index (χ0) is 22.0. The van der Waals surface area contributed by atoms with Crippen molar-refractivity contribution in [3.05, 3.63) is 0 Å². The number of rotatable bonds is 4. The average Bonchev–Trinajstić information content (AvgIpc) is 2.47. The summed E-state index contributed by atoms with van der Waals surface area (Å²) in [6, 6.07) is 0. The van der Waals surface area contributed by atoms with Crippen LogP contribution in [0, 0.1) is 10.8 Å². The smallest absolute Gasteiger partial charge is 0.311 e. The van der Waals surface area contributed by atoms with E-state index in [0.29, 0.717) is 0 Å². The molecular formula is C20H42O6. The van der Waals surface area contributed by atoms with Crippen LogP contribution in [0.1, 0.15) is 95.9 Å². The summed E-state index contributed by atoms with van der Waals surface area (Å²) in [6.45, 7) is 22.9. The highest BCUT2D eigenvalue weighted by molar-refractivity contribution is 5.76. The van der Waals surface area contributed by atoms with Crippen LogP contribution in [-0.4, -0.2) is 33.7 Å². The van der Waals surface area contributed by atoms with Crippen LogP contribution in [-0.2, 0) is 19.1 Å². The second kappa shape index (κ2) is 11.5. The van der Waals surface area contributed by atoms with Gasteiger partial charge in [-0.05, 0) is 82.1 Å². The molecule has 0 saturated carbocycles. The van der Waals surface area contributed by atoms with E-state index in [9.17, 15) is 9.59 Å². The molecule has 0 aliphatic heterocycles. The fourth-order valence-electron chi connectivity index (χ4n) is 0.952. The van der Waals surface area contributed by atoms with E-state index in [1.54, 1.807) is 0 Å². The van der Waals surface area contributed by atoms with Gasteiger partial charge in [-0.2, -0.15) is 0 Å². The van der Waals surface area contributed by atoms with Gasteiger partial charge in [0.15, 0.2) is 0 Å². The first-order valence-electron chi connectivity index (χ1n) is 9.05. The van der Waals surface area contributed by atoms with Gasteiger partial charge >= 0.3 is 11.9 Å². The maximum Gasteiger partial charge on any atom is 0.311 e. The Kier molecular flexibility index (Phi) is 13.2. The monoisotopic (exact) mass is 378 g/mol. The molecule has 0 aromatic rings. The minimum atomic E-state index is -0.396. The Morgan fingerprint density at radius 2 is 0.808 bits per heavy atom. The van der Waals surface area contributed by atoms with Crippen molar-refractivity contribution < 1.29 is 29.6 Å². The van der Waals surface area contributed by atoms with Crippen molar-refractivity contribution in [2.45, 2.75) is 107 Å². The zero-order valence-electron chi connectivity index (χ0n) is 18.9. The lowest BCUT2D eigenvalue weighted by Crippen LogP contribution is -2.33. The Labute approximate surface area is 160 Å². The Morgan fingerprint density at radius 3 is 0.923 bits per heavy atom. The minimum Gasteiger partial charge on any atom is -0.459 e. The van der Waals surface area contributed by atoms with Gasteiger partial charge in [0.05, 0.1) is 10.8 Å². The van der Waals surface area contributed by atoms with Crippen molar-refractivity contribution in [2.75, 3.05) is 0 Å². The minimum absolute atomic E-state index is 0.130. The van der Waals surface area contributed by atoms with E-state index in [2.05, 4.69) is 0 Å². The molecule has 0 spiro atoms. The number of hydrogen-bond donors (Lipinski definition) is 2. The summed E-state index contributed by atoms with van der Waals surface area (Å²) in [5.41, 5.74) is -1.45. The molecule has 0 bridgehead atoms. The van der Waals surface area contributed by atoms with Gasteiger partial charge in [0.1, 0.15) is 11.2 Å². The average molecular weight is 379 g/mol.